The van der Waals surface area contributed by atoms with Gasteiger partial charge in [0.25, 0.3) is 0 Å². The molecule has 19 heavy (non-hydrogen) atoms. The van der Waals surface area contributed by atoms with Gasteiger partial charge in [0.15, 0.2) is 11.6 Å². The Labute approximate surface area is 111 Å². The molecule has 7 heteroatoms. The van der Waals surface area contributed by atoms with Crippen molar-refractivity contribution in [2.24, 2.45) is 0 Å². The zero-order valence-electron chi connectivity index (χ0n) is 9.85. The minimum Gasteiger partial charge on any atom is -0.478 e. The van der Waals surface area contributed by atoms with Gasteiger partial charge in [0, 0.05) is 11.6 Å². The highest BCUT2D eigenvalue weighted by Crippen LogP contribution is 2.25. The van der Waals surface area contributed by atoms with Gasteiger partial charge in [-0.15, -0.1) is 11.3 Å². The lowest BCUT2D eigenvalue weighted by atomic mass is 10.1. The summed E-state index contributed by atoms with van der Waals surface area (Å²) >= 11 is 1.38. The van der Waals surface area contributed by atoms with Gasteiger partial charge in [-0.3, -0.25) is 0 Å². The molecule has 0 aliphatic carbocycles. The van der Waals surface area contributed by atoms with Crippen molar-refractivity contribution in [1.29, 1.82) is 0 Å². The van der Waals surface area contributed by atoms with E-state index in [4.69, 9.17) is 5.11 Å². The highest BCUT2D eigenvalue weighted by molar-refractivity contribution is 7.09. The van der Waals surface area contributed by atoms with Gasteiger partial charge in [-0.25, -0.2) is 18.6 Å². The summed E-state index contributed by atoms with van der Waals surface area (Å²) in [6, 6.07) is 1.92. The van der Waals surface area contributed by atoms with E-state index in [9.17, 15) is 13.6 Å². The molecule has 2 rings (SSSR count). The topological polar surface area (TPSA) is 62.2 Å². The smallest absolute Gasteiger partial charge is 0.338 e. The number of hydrogen-bond donors (Lipinski definition) is 2. The van der Waals surface area contributed by atoms with Crippen LogP contribution in [0.3, 0.4) is 0 Å². The summed E-state index contributed by atoms with van der Waals surface area (Å²) < 4.78 is 27.2. The molecule has 0 fully saturated rings. The summed E-state index contributed by atoms with van der Waals surface area (Å²) in [6.45, 7) is 1.75. The van der Waals surface area contributed by atoms with Gasteiger partial charge in [0.05, 0.1) is 17.3 Å². The predicted octanol–water partition coefficient (Wildman–Crippen LogP) is 3.29. The molecule has 2 aromatic rings. The number of carbonyl (C=O) groups is 1. The number of thiazole rings is 1. The van der Waals surface area contributed by atoms with Gasteiger partial charge in [-0.2, -0.15) is 0 Å². The third-order valence-electron chi connectivity index (χ3n) is 2.51. The van der Waals surface area contributed by atoms with Crippen LogP contribution < -0.4 is 5.32 Å². The molecule has 1 aromatic heterocycles. The van der Waals surface area contributed by atoms with Crippen molar-refractivity contribution < 1.29 is 18.7 Å². The Kier molecular flexibility index (Phi) is 3.75. The van der Waals surface area contributed by atoms with Gasteiger partial charge in [0.1, 0.15) is 5.01 Å². The van der Waals surface area contributed by atoms with Crippen molar-refractivity contribution in [2.45, 2.75) is 13.0 Å². The largest absolute Gasteiger partial charge is 0.478 e. The van der Waals surface area contributed by atoms with Crippen molar-refractivity contribution in [3.05, 3.63) is 45.9 Å². The van der Waals surface area contributed by atoms with Crippen LogP contribution in [0.4, 0.5) is 14.5 Å². The Morgan fingerprint density at radius 3 is 2.74 bits per heavy atom. The molecule has 0 saturated carbocycles. The van der Waals surface area contributed by atoms with E-state index < -0.39 is 23.2 Å². The SMILES string of the molecule is CC(Nc1ccc(C(=O)O)c(F)c1F)c1nccs1. The molecule has 0 aliphatic heterocycles. The Morgan fingerprint density at radius 1 is 1.42 bits per heavy atom. The fourth-order valence-electron chi connectivity index (χ4n) is 1.57. The second-order valence-corrected chi connectivity index (χ2v) is 4.76. The predicted molar refractivity (Wildman–Crippen MR) is 67.5 cm³/mol. The number of benzene rings is 1. The number of rotatable bonds is 4. The third kappa shape index (κ3) is 2.70. The number of hydrogen-bond acceptors (Lipinski definition) is 4. The van der Waals surface area contributed by atoms with E-state index in [-0.39, 0.29) is 11.7 Å². The number of carboxylic acid groups (broad SMARTS) is 1. The quantitative estimate of drug-likeness (QED) is 0.904. The highest BCUT2D eigenvalue weighted by Gasteiger charge is 2.19. The molecule has 4 nitrogen and oxygen atoms in total. The van der Waals surface area contributed by atoms with Crippen LogP contribution in [0.15, 0.2) is 23.7 Å². The first-order valence-corrected chi connectivity index (χ1v) is 6.26. The number of anilines is 1. The number of aromatic nitrogens is 1. The summed E-state index contributed by atoms with van der Waals surface area (Å²) in [5.41, 5.74) is -0.782. The minimum absolute atomic E-state index is 0.0924. The van der Waals surface area contributed by atoms with E-state index in [0.717, 1.165) is 11.1 Å². The summed E-state index contributed by atoms with van der Waals surface area (Å²) in [6.07, 6.45) is 1.61. The normalized spacial score (nSPS) is 12.2. The van der Waals surface area contributed by atoms with E-state index >= 15 is 0 Å². The molecule has 0 amide bonds. The van der Waals surface area contributed by atoms with E-state index in [1.165, 1.54) is 17.4 Å². The number of halogens is 2. The number of aromatic carboxylic acids is 1. The molecule has 2 N–H and O–H groups in total. The monoisotopic (exact) mass is 284 g/mol. The highest BCUT2D eigenvalue weighted by atomic mass is 32.1. The summed E-state index contributed by atoms with van der Waals surface area (Å²) in [4.78, 5) is 14.7. The molecular formula is C12H10F2N2O2S. The molecule has 1 heterocycles. The van der Waals surface area contributed by atoms with Gasteiger partial charge in [0.2, 0.25) is 0 Å². The van der Waals surface area contributed by atoms with Crippen LogP contribution in [0.2, 0.25) is 0 Å². The molecular weight excluding hydrogens is 274 g/mol. The van der Waals surface area contributed by atoms with Crippen molar-refractivity contribution in [3.8, 4) is 0 Å². The first-order chi connectivity index (χ1) is 9.00. The van der Waals surface area contributed by atoms with Crippen LogP contribution in [0.1, 0.15) is 28.3 Å². The minimum atomic E-state index is -1.50. The van der Waals surface area contributed by atoms with Crippen molar-refractivity contribution in [1.82, 2.24) is 4.98 Å². The fraction of sp³-hybridized carbons (Fsp3) is 0.167. The van der Waals surface area contributed by atoms with E-state index in [2.05, 4.69) is 10.3 Å². The van der Waals surface area contributed by atoms with E-state index in [1.807, 2.05) is 0 Å². The molecule has 100 valence electrons. The second kappa shape index (κ2) is 5.31. The first-order valence-electron chi connectivity index (χ1n) is 5.38. The first kappa shape index (κ1) is 13.4. The lowest BCUT2D eigenvalue weighted by molar-refractivity contribution is 0.0690. The maximum absolute atomic E-state index is 13.7. The van der Waals surface area contributed by atoms with E-state index in [0.29, 0.717) is 0 Å². The molecule has 0 aliphatic rings. The van der Waals surface area contributed by atoms with Crippen LogP contribution in [0, 0.1) is 11.6 Å². The maximum Gasteiger partial charge on any atom is 0.338 e. The molecule has 1 atom stereocenters. The van der Waals surface area contributed by atoms with Gasteiger partial charge >= 0.3 is 5.97 Å². The average molecular weight is 284 g/mol. The van der Waals surface area contributed by atoms with Crippen molar-refractivity contribution >= 4 is 23.0 Å². The van der Waals surface area contributed by atoms with Crippen LogP contribution in [-0.2, 0) is 0 Å². The fourth-order valence-corrected chi connectivity index (χ4v) is 2.22. The number of carboxylic acids is 1. The molecule has 1 unspecified atom stereocenters. The van der Waals surface area contributed by atoms with Gasteiger partial charge in [-0.1, -0.05) is 0 Å². The second-order valence-electron chi connectivity index (χ2n) is 3.83. The van der Waals surface area contributed by atoms with Crippen molar-refractivity contribution in [3.63, 3.8) is 0 Å². The zero-order chi connectivity index (χ0) is 14.0. The van der Waals surface area contributed by atoms with Crippen LogP contribution >= 0.6 is 11.3 Å². The summed E-state index contributed by atoms with van der Waals surface area (Å²) in [5, 5.41) is 13.9. The van der Waals surface area contributed by atoms with Gasteiger partial charge < -0.3 is 10.4 Å². The zero-order valence-corrected chi connectivity index (χ0v) is 10.7. The third-order valence-corrected chi connectivity index (χ3v) is 3.46. The lowest BCUT2D eigenvalue weighted by Crippen LogP contribution is -2.10. The summed E-state index contributed by atoms with van der Waals surface area (Å²) in [5.74, 6) is -4.08. The molecule has 0 saturated heterocycles. The van der Waals surface area contributed by atoms with Gasteiger partial charge in [-0.05, 0) is 19.1 Å². The Hall–Kier alpha value is -2.02. The molecule has 0 spiro atoms. The maximum atomic E-state index is 13.7. The standard InChI is InChI=1S/C12H10F2N2O2S/c1-6(11-15-4-5-19-11)16-8-3-2-7(12(17)18)9(13)10(8)14/h2-6,16H,1H3,(H,17,18). The van der Waals surface area contributed by atoms with Crippen LogP contribution in [0.5, 0.6) is 0 Å². The molecule has 0 radical (unpaired) electrons. The molecule has 0 bridgehead atoms. The average Bonchev–Trinajstić information content (AvgIpc) is 2.88. The lowest BCUT2D eigenvalue weighted by Gasteiger charge is -2.14. The Morgan fingerprint density at radius 2 is 2.16 bits per heavy atom. The summed E-state index contributed by atoms with van der Waals surface area (Å²) in [7, 11) is 0. The Bertz CT molecular complexity index is 602. The number of nitrogens with zero attached hydrogens (tertiary/aromatic N) is 1. The van der Waals surface area contributed by atoms with Crippen LogP contribution in [0.25, 0.3) is 0 Å². The molecule has 1 aromatic carbocycles. The number of nitrogens with one attached hydrogen (secondary N) is 1. The van der Waals surface area contributed by atoms with Crippen LogP contribution in [-0.4, -0.2) is 16.1 Å². The van der Waals surface area contributed by atoms with Crippen molar-refractivity contribution in [2.75, 3.05) is 5.32 Å². The Balaban J connectivity index is 2.27. The van der Waals surface area contributed by atoms with E-state index in [1.54, 1.807) is 18.5 Å².